The molecule has 10 heavy (non-hydrogen) atoms. The summed E-state index contributed by atoms with van der Waals surface area (Å²) in [6, 6.07) is 8.21. The first-order chi connectivity index (χ1) is 4.70. The monoisotopic (exact) mass is 152 g/mol. The predicted octanol–water partition coefficient (Wildman–Crippen LogP) is 1.52. The van der Waals surface area contributed by atoms with Gasteiger partial charge in [-0.05, 0) is 12.1 Å². The number of rotatable bonds is 1. The highest BCUT2D eigenvalue weighted by Gasteiger charge is 1.88. The summed E-state index contributed by atoms with van der Waals surface area (Å²) >= 11 is 0. The third-order valence-electron chi connectivity index (χ3n) is 1.38. The van der Waals surface area contributed by atoms with Crippen molar-refractivity contribution in [3.8, 4) is 0 Å². The number of hydrogen-bond acceptors (Lipinski definition) is 1. The lowest BCUT2D eigenvalue weighted by molar-refractivity contribution is 1.13. The predicted molar refractivity (Wildman–Crippen MR) is 48.7 cm³/mol. The van der Waals surface area contributed by atoms with Crippen LogP contribution in [0.3, 0.4) is 0 Å². The minimum absolute atomic E-state index is 1.12. The summed E-state index contributed by atoms with van der Waals surface area (Å²) in [5, 5.41) is 1.12. The van der Waals surface area contributed by atoms with Gasteiger partial charge in [-0.25, -0.2) is 5.30 Å². The molecule has 1 rings (SSSR count). The van der Waals surface area contributed by atoms with Crippen LogP contribution in [0.25, 0.3) is 0 Å². The van der Waals surface area contributed by atoms with E-state index in [1.807, 2.05) is 26.2 Å². The highest BCUT2D eigenvalue weighted by atomic mass is 31.0. The first-order valence-corrected chi connectivity index (χ1v) is 3.69. The third-order valence-corrected chi connectivity index (χ3v) is 1.72. The average Bonchev–Trinajstić information content (AvgIpc) is 1.88. The van der Waals surface area contributed by atoms with E-state index in [-0.39, 0.29) is 0 Å². The Balaban J connectivity index is 2.89. The second-order valence-corrected chi connectivity index (χ2v) is 3.02. The topological polar surface area (TPSA) is 3.24 Å². The number of hydrogen-bond donors (Lipinski definition) is 0. The summed E-state index contributed by atoms with van der Waals surface area (Å²) in [5.74, 6) is 0. The second kappa shape index (κ2) is 3.03. The summed E-state index contributed by atoms with van der Waals surface area (Å²) < 4.78 is 0. The zero-order chi connectivity index (χ0) is 7.56. The molecular weight excluding hydrogens is 141 g/mol. The maximum atomic E-state index is 3.42. The van der Waals surface area contributed by atoms with E-state index in [0.29, 0.717) is 0 Å². The Kier molecular flexibility index (Phi) is 2.29. The van der Waals surface area contributed by atoms with Gasteiger partial charge in [-0.2, -0.15) is 0 Å². The molecule has 0 heterocycles. The number of nitrogens with zero attached hydrogens (tertiary/aromatic N) is 1. The molecular formula is C8H11NP-. The zero-order valence-electron chi connectivity index (χ0n) is 6.26. The van der Waals surface area contributed by atoms with Gasteiger partial charge in [-0.15, -0.1) is 0 Å². The van der Waals surface area contributed by atoms with Gasteiger partial charge in [0.15, 0.2) is 0 Å². The Bertz CT molecular complexity index is 203. The average molecular weight is 152 g/mol. The Morgan fingerprint density at radius 1 is 1.10 bits per heavy atom. The summed E-state index contributed by atoms with van der Waals surface area (Å²) in [4.78, 5) is 2.08. The molecule has 54 valence electrons. The van der Waals surface area contributed by atoms with Crippen LogP contribution in [0.5, 0.6) is 0 Å². The van der Waals surface area contributed by atoms with Crippen LogP contribution in [0.1, 0.15) is 0 Å². The molecule has 1 aromatic rings. The maximum Gasteiger partial charge on any atom is 0.0359 e. The van der Waals surface area contributed by atoms with E-state index in [9.17, 15) is 0 Å². The van der Waals surface area contributed by atoms with Crippen molar-refractivity contribution in [1.82, 2.24) is 0 Å². The summed E-state index contributed by atoms with van der Waals surface area (Å²) in [6.45, 7) is 0. The van der Waals surface area contributed by atoms with Crippen LogP contribution in [-0.2, 0) is 0 Å². The van der Waals surface area contributed by atoms with Crippen LogP contribution >= 0.6 is 9.24 Å². The first-order valence-electron chi connectivity index (χ1n) is 3.19. The van der Waals surface area contributed by atoms with Crippen molar-refractivity contribution in [2.75, 3.05) is 19.0 Å². The lowest BCUT2D eigenvalue weighted by Gasteiger charge is -2.13. The normalized spacial score (nSPS) is 9.50. The number of benzene rings is 1. The molecule has 0 fully saturated rings. The molecule has 1 aromatic carbocycles. The van der Waals surface area contributed by atoms with Gasteiger partial charge in [-0.1, -0.05) is 12.1 Å². The van der Waals surface area contributed by atoms with Gasteiger partial charge < -0.3 is 14.1 Å². The van der Waals surface area contributed by atoms with Crippen LogP contribution in [0.15, 0.2) is 24.3 Å². The van der Waals surface area contributed by atoms with Gasteiger partial charge in [0.05, 0.1) is 0 Å². The van der Waals surface area contributed by atoms with E-state index in [1.165, 1.54) is 5.69 Å². The van der Waals surface area contributed by atoms with Gasteiger partial charge in [0.25, 0.3) is 0 Å². The van der Waals surface area contributed by atoms with E-state index < -0.39 is 0 Å². The fourth-order valence-electron chi connectivity index (χ4n) is 0.760. The molecule has 0 aliphatic rings. The van der Waals surface area contributed by atoms with E-state index in [1.54, 1.807) is 0 Å². The standard InChI is InChI=1S/C8H11NP/c1-9(2)7-3-5-8(10)6-4-7/h3-6,10H,1-2H3/q-1. The van der Waals surface area contributed by atoms with Crippen LogP contribution < -0.4 is 10.2 Å². The second-order valence-electron chi connectivity index (χ2n) is 2.44. The smallest absolute Gasteiger partial charge is 0.0359 e. The molecule has 0 bridgehead atoms. The minimum atomic E-state index is 1.12. The Hall–Kier alpha value is -0.550. The minimum Gasteiger partial charge on any atom is -0.525 e. The Labute approximate surface area is 64.3 Å². The molecule has 0 saturated carbocycles. The van der Waals surface area contributed by atoms with Crippen molar-refractivity contribution in [3.05, 3.63) is 24.3 Å². The van der Waals surface area contributed by atoms with Crippen molar-refractivity contribution in [1.29, 1.82) is 0 Å². The molecule has 0 spiro atoms. The molecule has 1 nitrogen and oxygen atoms in total. The Morgan fingerprint density at radius 3 is 2.00 bits per heavy atom. The summed E-state index contributed by atoms with van der Waals surface area (Å²) in [5.41, 5.74) is 1.22. The molecule has 2 heteroatoms. The summed E-state index contributed by atoms with van der Waals surface area (Å²) in [6.07, 6.45) is 0. The maximum absolute atomic E-state index is 3.42. The van der Waals surface area contributed by atoms with Crippen molar-refractivity contribution in [2.24, 2.45) is 0 Å². The van der Waals surface area contributed by atoms with Crippen molar-refractivity contribution in [3.63, 3.8) is 0 Å². The van der Waals surface area contributed by atoms with Crippen LogP contribution in [0.2, 0.25) is 0 Å². The fourth-order valence-corrected chi connectivity index (χ4v) is 0.926. The van der Waals surface area contributed by atoms with Gasteiger partial charge in [0, 0.05) is 19.8 Å². The SMILES string of the molecule is CN(C)c1ccc([PH-])cc1. The zero-order valence-corrected chi connectivity index (χ0v) is 7.26. The molecule has 0 aromatic heterocycles. The van der Waals surface area contributed by atoms with E-state index >= 15 is 0 Å². The molecule has 0 N–H and O–H groups in total. The third kappa shape index (κ3) is 1.71. The lowest BCUT2D eigenvalue weighted by Crippen LogP contribution is -2.08. The summed E-state index contributed by atoms with van der Waals surface area (Å²) in [7, 11) is 7.48. The van der Waals surface area contributed by atoms with Crippen LogP contribution in [0.4, 0.5) is 5.69 Å². The quantitative estimate of drug-likeness (QED) is 0.551. The van der Waals surface area contributed by atoms with E-state index in [4.69, 9.17) is 0 Å². The molecule has 0 unspecified atom stereocenters. The van der Waals surface area contributed by atoms with Crippen LogP contribution in [0, 0.1) is 0 Å². The lowest BCUT2D eigenvalue weighted by atomic mass is 10.3. The van der Waals surface area contributed by atoms with E-state index in [0.717, 1.165) is 5.30 Å². The Morgan fingerprint density at radius 2 is 1.60 bits per heavy atom. The molecule has 0 radical (unpaired) electrons. The number of anilines is 1. The molecule has 0 saturated heterocycles. The van der Waals surface area contributed by atoms with Crippen molar-refractivity contribution in [2.45, 2.75) is 0 Å². The van der Waals surface area contributed by atoms with Gasteiger partial charge in [-0.3, -0.25) is 0 Å². The van der Waals surface area contributed by atoms with Crippen LogP contribution in [-0.4, -0.2) is 14.1 Å². The van der Waals surface area contributed by atoms with Crippen molar-refractivity contribution >= 4 is 20.2 Å². The van der Waals surface area contributed by atoms with E-state index in [2.05, 4.69) is 26.3 Å². The van der Waals surface area contributed by atoms with Crippen molar-refractivity contribution < 1.29 is 0 Å². The van der Waals surface area contributed by atoms with Gasteiger partial charge in [0.2, 0.25) is 0 Å². The molecule has 0 aliphatic carbocycles. The molecule has 0 atom stereocenters. The highest BCUT2D eigenvalue weighted by Crippen LogP contribution is 2.07. The van der Waals surface area contributed by atoms with Gasteiger partial charge in [0.1, 0.15) is 0 Å². The largest absolute Gasteiger partial charge is 0.525 e. The van der Waals surface area contributed by atoms with Gasteiger partial charge >= 0.3 is 0 Å². The molecule has 0 amide bonds. The fraction of sp³-hybridized carbons (Fsp3) is 0.250. The highest BCUT2D eigenvalue weighted by molar-refractivity contribution is 7.27. The molecule has 0 aliphatic heterocycles. The first kappa shape index (κ1) is 7.56.